The first-order chi connectivity index (χ1) is 8.52. The quantitative estimate of drug-likeness (QED) is 0.809. The number of carbonyl (C=O) groups is 1. The maximum absolute atomic E-state index is 12.7. The SMILES string of the molecule is CNCC(C)C(=O)NC(C)Cc1ccc(F)cc1. The van der Waals surface area contributed by atoms with Crippen molar-refractivity contribution in [2.24, 2.45) is 5.92 Å². The Kier molecular flexibility index (Phi) is 5.78. The second-order valence-electron chi connectivity index (χ2n) is 4.70. The Morgan fingerprint density at radius 2 is 1.89 bits per heavy atom. The number of hydrogen-bond donors (Lipinski definition) is 2. The number of amides is 1. The van der Waals surface area contributed by atoms with Gasteiger partial charge >= 0.3 is 0 Å². The van der Waals surface area contributed by atoms with E-state index in [1.54, 1.807) is 12.1 Å². The lowest BCUT2D eigenvalue weighted by Gasteiger charge is -2.17. The van der Waals surface area contributed by atoms with Crippen molar-refractivity contribution in [2.75, 3.05) is 13.6 Å². The molecule has 0 aromatic heterocycles. The highest BCUT2D eigenvalue weighted by Gasteiger charge is 2.14. The molecule has 0 radical (unpaired) electrons. The lowest BCUT2D eigenvalue weighted by Crippen LogP contribution is -2.40. The first kappa shape index (κ1) is 14.6. The molecule has 0 fully saturated rings. The molecule has 3 nitrogen and oxygen atoms in total. The van der Waals surface area contributed by atoms with E-state index in [0.717, 1.165) is 5.56 Å². The number of carbonyl (C=O) groups excluding carboxylic acids is 1. The van der Waals surface area contributed by atoms with E-state index in [-0.39, 0.29) is 23.7 Å². The van der Waals surface area contributed by atoms with Gasteiger partial charge in [0.15, 0.2) is 0 Å². The third-order valence-electron chi connectivity index (χ3n) is 2.80. The molecule has 1 rings (SSSR count). The summed E-state index contributed by atoms with van der Waals surface area (Å²) >= 11 is 0. The average Bonchev–Trinajstić information content (AvgIpc) is 2.32. The summed E-state index contributed by atoms with van der Waals surface area (Å²) in [7, 11) is 1.83. The largest absolute Gasteiger partial charge is 0.353 e. The zero-order valence-corrected chi connectivity index (χ0v) is 11.2. The number of nitrogens with one attached hydrogen (secondary N) is 2. The Morgan fingerprint density at radius 1 is 1.28 bits per heavy atom. The average molecular weight is 252 g/mol. The van der Waals surface area contributed by atoms with Crippen LogP contribution in [0.15, 0.2) is 24.3 Å². The molecule has 2 N–H and O–H groups in total. The summed E-state index contributed by atoms with van der Waals surface area (Å²) in [5, 5.41) is 5.93. The Bertz CT molecular complexity index is 378. The summed E-state index contributed by atoms with van der Waals surface area (Å²) < 4.78 is 12.7. The number of benzene rings is 1. The summed E-state index contributed by atoms with van der Waals surface area (Å²) in [5.41, 5.74) is 1.02. The van der Waals surface area contributed by atoms with Gasteiger partial charge in [-0.25, -0.2) is 4.39 Å². The van der Waals surface area contributed by atoms with Gasteiger partial charge in [-0.05, 0) is 38.1 Å². The third-order valence-corrected chi connectivity index (χ3v) is 2.80. The van der Waals surface area contributed by atoms with Gasteiger partial charge in [0.05, 0.1) is 0 Å². The predicted octanol–water partition coefficient (Wildman–Crippen LogP) is 1.73. The van der Waals surface area contributed by atoms with Crippen LogP contribution in [0.3, 0.4) is 0 Å². The minimum atomic E-state index is -0.238. The predicted molar refractivity (Wildman–Crippen MR) is 70.8 cm³/mol. The smallest absolute Gasteiger partial charge is 0.224 e. The van der Waals surface area contributed by atoms with E-state index in [4.69, 9.17) is 0 Å². The molecular weight excluding hydrogens is 231 g/mol. The molecular formula is C14H21FN2O. The van der Waals surface area contributed by atoms with Gasteiger partial charge in [-0.1, -0.05) is 19.1 Å². The number of rotatable bonds is 6. The Balaban J connectivity index is 2.43. The summed E-state index contributed by atoms with van der Waals surface area (Å²) in [5.74, 6) is -0.247. The summed E-state index contributed by atoms with van der Waals surface area (Å²) in [6.45, 7) is 4.50. The van der Waals surface area contributed by atoms with Crippen LogP contribution in [0, 0.1) is 11.7 Å². The topological polar surface area (TPSA) is 41.1 Å². The zero-order chi connectivity index (χ0) is 13.5. The molecule has 2 atom stereocenters. The van der Waals surface area contributed by atoms with Gasteiger partial charge in [0.25, 0.3) is 0 Å². The highest BCUT2D eigenvalue weighted by molar-refractivity contribution is 5.78. The van der Waals surface area contributed by atoms with Crippen molar-refractivity contribution in [1.29, 1.82) is 0 Å². The van der Waals surface area contributed by atoms with Crippen molar-refractivity contribution in [3.8, 4) is 0 Å². The van der Waals surface area contributed by atoms with E-state index in [9.17, 15) is 9.18 Å². The van der Waals surface area contributed by atoms with Gasteiger partial charge in [-0.3, -0.25) is 4.79 Å². The molecule has 1 aromatic rings. The van der Waals surface area contributed by atoms with E-state index >= 15 is 0 Å². The fraction of sp³-hybridized carbons (Fsp3) is 0.500. The van der Waals surface area contributed by atoms with E-state index in [2.05, 4.69) is 10.6 Å². The summed E-state index contributed by atoms with van der Waals surface area (Å²) in [6, 6.07) is 6.41. The van der Waals surface area contributed by atoms with Gasteiger partial charge in [0.2, 0.25) is 5.91 Å². The molecule has 4 heteroatoms. The fourth-order valence-electron chi connectivity index (χ4n) is 1.81. The van der Waals surface area contributed by atoms with Crippen LogP contribution in [0.5, 0.6) is 0 Å². The first-order valence-corrected chi connectivity index (χ1v) is 6.22. The lowest BCUT2D eigenvalue weighted by atomic mass is 10.1. The van der Waals surface area contributed by atoms with Crippen molar-refractivity contribution >= 4 is 5.91 Å². The van der Waals surface area contributed by atoms with Crippen LogP contribution >= 0.6 is 0 Å². The first-order valence-electron chi connectivity index (χ1n) is 6.22. The van der Waals surface area contributed by atoms with Gasteiger partial charge in [-0.2, -0.15) is 0 Å². The zero-order valence-electron chi connectivity index (χ0n) is 11.2. The molecule has 0 spiro atoms. The van der Waals surface area contributed by atoms with Crippen LogP contribution in [0.1, 0.15) is 19.4 Å². The Hall–Kier alpha value is -1.42. The van der Waals surface area contributed by atoms with Crippen molar-refractivity contribution in [2.45, 2.75) is 26.3 Å². The second kappa shape index (κ2) is 7.11. The second-order valence-corrected chi connectivity index (χ2v) is 4.70. The maximum atomic E-state index is 12.7. The molecule has 1 amide bonds. The van der Waals surface area contributed by atoms with E-state index < -0.39 is 0 Å². The molecule has 18 heavy (non-hydrogen) atoms. The van der Waals surface area contributed by atoms with Crippen molar-refractivity contribution in [3.63, 3.8) is 0 Å². The lowest BCUT2D eigenvalue weighted by molar-refractivity contribution is -0.124. The molecule has 0 heterocycles. The molecule has 0 bridgehead atoms. The third kappa shape index (κ3) is 4.84. The standard InChI is InChI=1S/C14H21FN2O/c1-10(9-16-3)14(18)17-11(2)8-12-4-6-13(15)7-5-12/h4-7,10-11,16H,8-9H2,1-3H3,(H,17,18). The monoisotopic (exact) mass is 252 g/mol. The molecule has 100 valence electrons. The van der Waals surface area contributed by atoms with E-state index in [1.165, 1.54) is 12.1 Å². The van der Waals surface area contributed by atoms with Crippen molar-refractivity contribution in [1.82, 2.24) is 10.6 Å². The normalized spacial score (nSPS) is 14.0. The number of halogens is 1. The van der Waals surface area contributed by atoms with Crippen LogP contribution in [-0.4, -0.2) is 25.5 Å². The van der Waals surface area contributed by atoms with Crippen LogP contribution in [0.25, 0.3) is 0 Å². The molecule has 2 unspecified atom stereocenters. The summed E-state index contributed by atoms with van der Waals surface area (Å²) in [6.07, 6.45) is 0.707. The van der Waals surface area contributed by atoms with Crippen molar-refractivity contribution in [3.05, 3.63) is 35.6 Å². The molecule has 0 aliphatic heterocycles. The molecule has 1 aromatic carbocycles. The minimum absolute atomic E-state index is 0.0407. The molecule has 0 saturated carbocycles. The number of hydrogen-bond acceptors (Lipinski definition) is 2. The highest BCUT2D eigenvalue weighted by Crippen LogP contribution is 2.06. The van der Waals surface area contributed by atoms with E-state index in [1.807, 2.05) is 20.9 Å². The fourth-order valence-corrected chi connectivity index (χ4v) is 1.81. The van der Waals surface area contributed by atoms with Gasteiger partial charge in [-0.15, -0.1) is 0 Å². The van der Waals surface area contributed by atoms with E-state index in [0.29, 0.717) is 13.0 Å². The summed E-state index contributed by atoms with van der Waals surface area (Å²) in [4.78, 5) is 11.8. The van der Waals surface area contributed by atoms with Gasteiger partial charge in [0, 0.05) is 18.5 Å². The van der Waals surface area contributed by atoms with Crippen LogP contribution in [-0.2, 0) is 11.2 Å². The molecule has 0 aliphatic carbocycles. The van der Waals surface area contributed by atoms with Crippen LogP contribution < -0.4 is 10.6 Å². The minimum Gasteiger partial charge on any atom is -0.353 e. The van der Waals surface area contributed by atoms with Crippen molar-refractivity contribution < 1.29 is 9.18 Å². The molecule has 0 saturated heterocycles. The van der Waals surface area contributed by atoms with Crippen LogP contribution in [0.2, 0.25) is 0 Å². The maximum Gasteiger partial charge on any atom is 0.224 e. The Morgan fingerprint density at radius 3 is 2.44 bits per heavy atom. The molecule has 0 aliphatic rings. The van der Waals surface area contributed by atoms with Gasteiger partial charge < -0.3 is 10.6 Å². The van der Waals surface area contributed by atoms with Crippen LogP contribution in [0.4, 0.5) is 4.39 Å². The Labute approximate surface area is 108 Å². The highest BCUT2D eigenvalue weighted by atomic mass is 19.1. The van der Waals surface area contributed by atoms with Gasteiger partial charge in [0.1, 0.15) is 5.82 Å².